The summed E-state index contributed by atoms with van der Waals surface area (Å²) in [6.45, 7) is 0. The monoisotopic (exact) mass is 331 g/mol. The van der Waals surface area contributed by atoms with Gasteiger partial charge < -0.3 is 0 Å². The van der Waals surface area contributed by atoms with E-state index >= 15 is 0 Å². The van der Waals surface area contributed by atoms with E-state index in [2.05, 4.69) is 15.9 Å². The van der Waals surface area contributed by atoms with Gasteiger partial charge in [-0.1, -0.05) is 46.3 Å². The van der Waals surface area contributed by atoms with E-state index < -0.39 is 4.92 Å². The van der Waals surface area contributed by atoms with Crippen molar-refractivity contribution in [2.24, 2.45) is 0 Å². The van der Waals surface area contributed by atoms with E-state index in [9.17, 15) is 14.9 Å². The van der Waals surface area contributed by atoms with E-state index in [0.717, 1.165) is 0 Å². The third kappa shape index (κ3) is 3.39. The topological polar surface area (TPSA) is 60.2 Å². The van der Waals surface area contributed by atoms with E-state index in [1.807, 2.05) is 6.07 Å². The fourth-order valence-corrected chi connectivity index (χ4v) is 2.03. The molecule has 0 N–H and O–H groups in total. The Morgan fingerprint density at radius 1 is 1.15 bits per heavy atom. The van der Waals surface area contributed by atoms with Crippen molar-refractivity contribution in [3.63, 3.8) is 0 Å². The Balaban J connectivity index is 2.28. The lowest BCUT2D eigenvalue weighted by molar-refractivity contribution is -0.385. The molecular formula is C15H10BrNO3. The number of allylic oxidation sites excluding steroid dienone is 1. The molecule has 0 saturated carbocycles. The first-order valence-electron chi connectivity index (χ1n) is 5.79. The molecule has 2 rings (SSSR count). The number of ketones is 1. The minimum atomic E-state index is -0.475. The van der Waals surface area contributed by atoms with Crippen molar-refractivity contribution in [3.05, 3.63) is 80.3 Å². The summed E-state index contributed by atoms with van der Waals surface area (Å²) in [4.78, 5) is 22.4. The molecule has 0 aliphatic heterocycles. The molecule has 0 radical (unpaired) electrons. The van der Waals surface area contributed by atoms with Crippen molar-refractivity contribution >= 4 is 33.5 Å². The Hall–Kier alpha value is -2.27. The Bertz CT molecular complexity index is 681. The van der Waals surface area contributed by atoms with E-state index in [-0.39, 0.29) is 11.5 Å². The number of rotatable bonds is 4. The molecule has 0 amide bonds. The maximum Gasteiger partial charge on any atom is 0.277 e. The Morgan fingerprint density at radius 3 is 2.50 bits per heavy atom. The molecule has 0 saturated heterocycles. The third-order valence-electron chi connectivity index (χ3n) is 2.66. The van der Waals surface area contributed by atoms with Crippen LogP contribution in [0.25, 0.3) is 6.08 Å². The molecule has 0 aliphatic carbocycles. The molecule has 0 aromatic heterocycles. The molecule has 0 heterocycles. The van der Waals surface area contributed by atoms with Gasteiger partial charge >= 0.3 is 0 Å². The molecule has 0 bridgehead atoms. The van der Waals surface area contributed by atoms with Gasteiger partial charge in [-0.25, -0.2) is 0 Å². The standard InChI is InChI=1S/C15H10BrNO3/c16-13-8-6-11(14(10-13)17(19)20)7-9-15(18)12-4-2-1-3-5-12/h1-10H/b9-7+. The van der Waals surface area contributed by atoms with Gasteiger partial charge in [0.2, 0.25) is 0 Å². The largest absolute Gasteiger partial charge is 0.289 e. The summed E-state index contributed by atoms with van der Waals surface area (Å²) >= 11 is 3.19. The second kappa shape index (κ2) is 6.25. The van der Waals surface area contributed by atoms with Gasteiger partial charge in [0.05, 0.1) is 10.5 Å². The number of hydrogen-bond acceptors (Lipinski definition) is 3. The van der Waals surface area contributed by atoms with Crippen LogP contribution in [0, 0.1) is 10.1 Å². The predicted octanol–water partition coefficient (Wildman–Crippen LogP) is 4.25. The van der Waals surface area contributed by atoms with E-state index in [1.54, 1.807) is 36.4 Å². The molecule has 5 heteroatoms. The molecule has 0 fully saturated rings. The Morgan fingerprint density at radius 2 is 1.85 bits per heavy atom. The average molecular weight is 332 g/mol. The maximum absolute atomic E-state index is 11.9. The number of benzene rings is 2. The van der Waals surface area contributed by atoms with Crippen molar-refractivity contribution in [1.29, 1.82) is 0 Å². The Labute approximate surface area is 124 Å². The number of carbonyl (C=O) groups excluding carboxylic acids is 1. The number of nitrogens with zero attached hydrogens (tertiary/aromatic N) is 1. The summed E-state index contributed by atoms with van der Waals surface area (Å²) in [6, 6.07) is 13.4. The fraction of sp³-hybridized carbons (Fsp3) is 0. The maximum atomic E-state index is 11.9. The lowest BCUT2D eigenvalue weighted by Crippen LogP contribution is -1.94. The lowest BCUT2D eigenvalue weighted by atomic mass is 10.1. The zero-order valence-corrected chi connectivity index (χ0v) is 11.9. The van der Waals surface area contributed by atoms with Crippen LogP contribution in [0.15, 0.2) is 59.1 Å². The molecule has 20 heavy (non-hydrogen) atoms. The number of nitro groups is 1. The van der Waals surface area contributed by atoms with Crippen molar-refractivity contribution in [1.82, 2.24) is 0 Å². The van der Waals surface area contributed by atoms with E-state index in [0.29, 0.717) is 15.6 Å². The van der Waals surface area contributed by atoms with Gasteiger partial charge in [0, 0.05) is 16.1 Å². The first kappa shape index (κ1) is 14.1. The highest BCUT2D eigenvalue weighted by atomic mass is 79.9. The summed E-state index contributed by atoms with van der Waals surface area (Å²) in [7, 11) is 0. The molecule has 0 spiro atoms. The normalized spacial score (nSPS) is 10.7. The smallest absolute Gasteiger partial charge is 0.277 e. The molecule has 4 nitrogen and oxygen atoms in total. The van der Waals surface area contributed by atoms with Gasteiger partial charge in [-0.15, -0.1) is 0 Å². The minimum absolute atomic E-state index is 0.0449. The van der Waals surface area contributed by atoms with Crippen molar-refractivity contribution in [2.75, 3.05) is 0 Å². The highest BCUT2D eigenvalue weighted by Crippen LogP contribution is 2.24. The zero-order valence-electron chi connectivity index (χ0n) is 10.3. The van der Waals surface area contributed by atoms with E-state index in [4.69, 9.17) is 0 Å². The van der Waals surface area contributed by atoms with Crippen LogP contribution in [-0.4, -0.2) is 10.7 Å². The first-order valence-corrected chi connectivity index (χ1v) is 6.58. The van der Waals surface area contributed by atoms with Crippen LogP contribution < -0.4 is 0 Å². The molecule has 100 valence electrons. The van der Waals surface area contributed by atoms with Crippen molar-refractivity contribution in [3.8, 4) is 0 Å². The van der Waals surface area contributed by atoms with Gasteiger partial charge in [-0.2, -0.15) is 0 Å². The number of hydrogen-bond donors (Lipinski definition) is 0. The minimum Gasteiger partial charge on any atom is -0.289 e. The van der Waals surface area contributed by atoms with Crippen LogP contribution in [0.1, 0.15) is 15.9 Å². The molecule has 2 aromatic carbocycles. The van der Waals surface area contributed by atoms with Crippen molar-refractivity contribution in [2.45, 2.75) is 0 Å². The summed E-state index contributed by atoms with van der Waals surface area (Å²) < 4.78 is 0.621. The van der Waals surface area contributed by atoms with Crippen LogP contribution in [0.2, 0.25) is 0 Å². The van der Waals surface area contributed by atoms with E-state index in [1.165, 1.54) is 18.2 Å². The number of carbonyl (C=O) groups is 1. The van der Waals surface area contributed by atoms with Crippen molar-refractivity contribution < 1.29 is 9.72 Å². The van der Waals surface area contributed by atoms with Gasteiger partial charge in [0.25, 0.3) is 5.69 Å². The quantitative estimate of drug-likeness (QED) is 0.364. The molecule has 0 atom stereocenters. The highest BCUT2D eigenvalue weighted by molar-refractivity contribution is 9.10. The van der Waals surface area contributed by atoms with Crippen LogP contribution >= 0.6 is 15.9 Å². The fourth-order valence-electron chi connectivity index (χ4n) is 1.68. The SMILES string of the molecule is O=C(/C=C/c1ccc(Br)cc1[N+](=O)[O-])c1ccccc1. The summed E-state index contributed by atoms with van der Waals surface area (Å²) in [5.41, 5.74) is 0.891. The predicted molar refractivity (Wildman–Crippen MR) is 80.6 cm³/mol. The zero-order chi connectivity index (χ0) is 14.5. The number of halogens is 1. The second-order valence-electron chi connectivity index (χ2n) is 4.02. The number of nitro benzene ring substituents is 1. The summed E-state index contributed by atoms with van der Waals surface area (Å²) in [5.74, 6) is -0.192. The van der Waals surface area contributed by atoms with Crippen LogP contribution in [0.5, 0.6) is 0 Å². The first-order chi connectivity index (χ1) is 9.58. The second-order valence-corrected chi connectivity index (χ2v) is 4.94. The van der Waals surface area contributed by atoms with Gasteiger partial charge in [-0.3, -0.25) is 14.9 Å². The van der Waals surface area contributed by atoms with Crippen LogP contribution in [0.3, 0.4) is 0 Å². The third-order valence-corrected chi connectivity index (χ3v) is 3.16. The molecule has 0 unspecified atom stereocenters. The molecule has 2 aromatic rings. The highest BCUT2D eigenvalue weighted by Gasteiger charge is 2.12. The van der Waals surface area contributed by atoms with Crippen LogP contribution in [-0.2, 0) is 0 Å². The van der Waals surface area contributed by atoms with Crippen LogP contribution in [0.4, 0.5) is 5.69 Å². The van der Waals surface area contributed by atoms with Gasteiger partial charge in [-0.05, 0) is 24.3 Å². The van der Waals surface area contributed by atoms with Gasteiger partial charge in [0.15, 0.2) is 5.78 Å². The molecule has 0 aliphatic rings. The summed E-state index contributed by atoms with van der Waals surface area (Å²) in [6.07, 6.45) is 2.80. The van der Waals surface area contributed by atoms with Gasteiger partial charge in [0.1, 0.15) is 0 Å². The molecular weight excluding hydrogens is 322 g/mol. The Kier molecular flexibility index (Phi) is 4.42. The lowest BCUT2D eigenvalue weighted by Gasteiger charge is -1.98. The average Bonchev–Trinajstić information content (AvgIpc) is 2.46. The summed E-state index contributed by atoms with van der Waals surface area (Å²) in [5, 5.41) is 11.0.